The van der Waals surface area contributed by atoms with E-state index in [9.17, 15) is 13.2 Å². The van der Waals surface area contributed by atoms with Crippen molar-refractivity contribution in [1.82, 2.24) is 10.2 Å². The summed E-state index contributed by atoms with van der Waals surface area (Å²) in [6.45, 7) is 6.75. The largest absolute Gasteiger partial charge is 0.350 e. The number of anilines is 1. The van der Waals surface area contributed by atoms with Crippen molar-refractivity contribution < 1.29 is 13.2 Å². The van der Waals surface area contributed by atoms with Gasteiger partial charge in [0.05, 0.1) is 10.6 Å². The minimum Gasteiger partial charge on any atom is -0.350 e. The number of carbonyl (C=O) groups is 1. The molecule has 3 aromatic rings. The van der Waals surface area contributed by atoms with Gasteiger partial charge in [-0.25, -0.2) is 8.42 Å². The summed E-state index contributed by atoms with van der Waals surface area (Å²) in [5, 5.41) is 3.33. The number of hydrogen-bond acceptors (Lipinski definition) is 4. The molecule has 0 atom stereocenters. The van der Waals surface area contributed by atoms with Crippen LogP contribution in [-0.2, 0) is 27.9 Å². The molecule has 36 heavy (non-hydrogen) atoms. The van der Waals surface area contributed by atoms with Gasteiger partial charge in [0, 0.05) is 18.1 Å². The van der Waals surface area contributed by atoms with E-state index < -0.39 is 15.9 Å². The van der Waals surface area contributed by atoms with Gasteiger partial charge in [-0.1, -0.05) is 59.6 Å². The molecule has 1 amide bonds. The van der Waals surface area contributed by atoms with E-state index in [0.29, 0.717) is 22.8 Å². The van der Waals surface area contributed by atoms with Gasteiger partial charge in [-0.3, -0.25) is 14.0 Å². The molecule has 0 saturated carbocycles. The standard InChI is InChI=1S/C28H32ClN3O3S/c1-21-11-13-25(14-12-21)36(34,35)32(27-10-6-9-26(29)22(27)2)20-28(33)30-18-23-7-5-8-24(17-23)19-31-15-3-4-16-31/h5-14,17H,3-4,15-16,18-20H2,1-2H3,(H,30,33). The second-order valence-electron chi connectivity index (χ2n) is 9.29. The van der Waals surface area contributed by atoms with Gasteiger partial charge in [0.25, 0.3) is 10.0 Å². The van der Waals surface area contributed by atoms with Crippen LogP contribution in [-0.4, -0.2) is 38.9 Å². The molecule has 4 rings (SSSR count). The Labute approximate surface area is 218 Å². The molecule has 0 unspecified atom stereocenters. The summed E-state index contributed by atoms with van der Waals surface area (Å²) >= 11 is 6.30. The van der Waals surface area contributed by atoms with Gasteiger partial charge in [0.2, 0.25) is 5.91 Å². The molecule has 8 heteroatoms. The molecule has 6 nitrogen and oxygen atoms in total. The van der Waals surface area contributed by atoms with Crippen LogP contribution in [0.25, 0.3) is 0 Å². The summed E-state index contributed by atoms with van der Waals surface area (Å²) in [5.74, 6) is -0.394. The Kier molecular flexibility index (Phi) is 8.34. The van der Waals surface area contributed by atoms with Crippen LogP contribution < -0.4 is 9.62 Å². The third-order valence-corrected chi connectivity index (χ3v) is 8.67. The van der Waals surface area contributed by atoms with Crippen LogP contribution in [0.2, 0.25) is 5.02 Å². The summed E-state index contributed by atoms with van der Waals surface area (Å²) in [4.78, 5) is 15.6. The molecule has 0 radical (unpaired) electrons. The van der Waals surface area contributed by atoms with Gasteiger partial charge >= 0.3 is 0 Å². The van der Waals surface area contributed by atoms with Crippen molar-refractivity contribution in [2.75, 3.05) is 23.9 Å². The first-order chi connectivity index (χ1) is 17.2. The summed E-state index contributed by atoms with van der Waals surface area (Å²) in [7, 11) is -4.00. The Morgan fingerprint density at radius 1 is 0.972 bits per heavy atom. The molecule has 0 aromatic heterocycles. The minimum atomic E-state index is -4.00. The Morgan fingerprint density at radius 2 is 1.64 bits per heavy atom. The van der Waals surface area contributed by atoms with E-state index in [2.05, 4.69) is 22.3 Å². The molecule has 1 saturated heterocycles. The van der Waals surface area contributed by atoms with Crippen LogP contribution >= 0.6 is 11.6 Å². The predicted octanol–water partition coefficient (Wildman–Crippen LogP) is 5.06. The molecular formula is C28H32ClN3O3S. The lowest BCUT2D eigenvalue weighted by Crippen LogP contribution is -2.41. The summed E-state index contributed by atoms with van der Waals surface area (Å²) < 4.78 is 28.4. The molecule has 1 fully saturated rings. The second-order valence-corrected chi connectivity index (χ2v) is 11.6. The van der Waals surface area contributed by atoms with Crippen molar-refractivity contribution in [3.8, 4) is 0 Å². The fourth-order valence-electron chi connectivity index (χ4n) is 4.43. The molecule has 1 aliphatic heterocycles. The topological polar surface area (TPSA) is 69.7 Å². The third-order valence-electron chi connectivity index (χ3n) is 6.49. The van der Waals surface area contributed by atoms with Crippen molar-refractivity contribution >= 4 is 33.2 Å². The Morgan fingerprint density at radius 3 is 2.36 bits per heavy atom. The quantitative estimate of drug-likeness (QED) is 0.424. The molecular weight excluding hydrogens is 494 g/mol. The van der Waals surface area contributed by atoms with Crippen LogP contribution in [0.15, 0.2) is 71.6 Å². The van der Waals surface area contributed by atoms with E-state index in [1.807, 2.05) is 19.1 Å². The lowest BCUT2D eigenvalue weighted by molar-refractivity contribution is -0.119. The lowest BCUT2D eigenvalue weighted by Gasteiger charge is -2.26. The van der Waals surface area contributed by atoms with Crippen molar-refractivity contribution in [1.29, 1.82) is 0 Å². The predicted molar refractivity (Wildman–Crippen MR) is 145 cm³/mol. The van der Waals surface area contributed by atoms with E-state index in [0.717, 1.165) is 35.1 Å². The monoisotopic (exact) mass is 525 g/mol. The Hall–Kier alpha value is -2.87. The zero-order chi connectivity index (χ0) is 25.7. The lowest BCUT2D eigenvalue weighted by atomic mass is 10.1. The zero-order valence-electron chi connectivity index (χ0n) is 20.7. The van der Waals surface area contributed by atoms with Crippen molar-refractivity contribution in [2.45, 2.75) is 44.7 Å². The van der Waals surface area contributed by atoms with Gasteiger partial charge in [-0.15, -0.1) is 0 Å². The Balaban J connectivity index is 1.52. The van der Waals surface area contributed by atoms with Gasteiger partial charge in [0.1, 0.15) is 6.54 Å². The highest BCUT2D eigenvalue weighted by molar-refractivity contribution is 7.92. The maximum absolute atomic E-state index is 13.6. The maximum Gasteiger partial charge on any atom is 0.264 e. The number of rotatable bonds is 9. The van der Waals surface area contributed by atoms with E-state index >= 15 is 0 Å². The van der Waals surface area contributed by atoms with Crippen LogP contribution in [0.1, 0.15) is 35.1 Å². The maximum atomic E-state index is 13.6. The first kappa shape index (κ1) is 26.2. The molecule has 1 N–H and O–H groups in total. The average molecular weight is 526 g/mol. The highest BCUT2D eigenvalue weighted by Crippen LogP contribution is 2.31. The number of carbonyl (C=O) groups excluding carboxylic acids is 1. The van der Waals surface area contributed by atoms with E-state index in [1.54, 1.807) is 49.4 Å². The number of amides is 1. The van der Waals surface area contributed by atoms with Crippen LogP contribution in [0, 0.1) is 13.8 Å². The second kappa shape index (κ2) is 11.5. The van der Waals surface area contributed by atoms with Gasteiger partial charge in [-0.2, -0.15) is 0 Å². The van der Waals surface area contributed by atoms with Crippen LogP contribution in [0.3, 0.4) is 0 Å². The van der Waals surface area contributed by atoms with Gasteiger partial charge in [0.15, 0.2) is 0 Å². The smallest absolute Gasteiger partial charge is 0.264 e. The van der Waals surface area contributed by atoms with Crippen LogP contribution in [0.5, 0.6) is 0 Å². The third kappa shape index (κ3) is 6.27. The first-order valence-corrected chi connectivity index (χ1v) is 14.0. The van der Waals surface area contributed by atoms with Crippen molar-refractivity contribution in [3.63, 3.8) is 0 Å². The summed E-state index contributed by atoms with van der Waals surface area (Å²) in [6.07, 6.45) is 2.48. The number of benzene rings is 3. The number of hydrogen-bond donors (Lipinski definition) is 1. The minimum absolute atomic E-state index is 0.120. The van der Waals surface area contributed by atoms with Gasteiger partial charge < -0.3 is 5.32 Å². The number of nitrogens with one attached hydrogen (secondary N) is 1. The van der Waals surface area contributed by atoms with Crippen molar-refractivity contribution in [2.24, 2.45) is 0 Å². The average Bonchev–Trinajstić information content (AvgIpc) is 3.37. The molecule has 0 bridgehead atoms. The van der Waals surface area contributed by atoms with Crippen LogP contribution in [0.4, 0.5) is 5.69 Å². The summed E-state index contributed by atoms with van der Waals surface area (Å²) in [6, 6.07) is 19.8. The molecule has 1 heterocycles. The van der Waals surface area contributed by atoms with Crippen molar-refractivity contribution in [3.05, 3.63) is 94.0 Å². The SMILES string of the molecule is Cc1ccc(S(=O)(=O)N(CC(=O)NCc2cccc(CN3CCCC3)c2)c2cccc(Cl)c2C)cc1. The molecule has 190 valence electrons. The highest BCUT2D eigenvalue weighted by atomic mass is 35.5. The summed E-state index contributed by atoms with van der Waals surface area (Å²) in [5.41, 5.74) is 4.11. The first-order valence-electron chi connectivity index (χ1n) is 12.2. The molecule has 0 spiro atoms. The number of nitrogens with zero attached hydrogens (tertiary/aromatic N) is 2. The Bertz CT molecular complexity index is 1320. The van der Waals surface area contributed by atoms with E-state index in [4.69, 9.17) is 11.6 Å². The highest BCUT2D eigenvalue weighted by Gasteiger charge is 2.28. The van der Waals surface area contributed by atoms with E-state index in [1.165, 1.54) is 18.4 Å². The fourth-order valence-corrected chi connectivity index (χ4v) is 6.08. The zero-order valence-corrected chi connectivity index (χ0v) is 22.3. The fraction of sp³-hybridized carbons (Fsp3) is 0.321. The number of sulfonamides is 1. The number of likely N-dealkylation sites (tertiary alicyclic amines) is 1. The number of aryl methyl sites for hydroxylation is 1. The molecule has 0 aliphatic carbocycles. The molecule has 3 aromatic carbocycles. The molecule has 1 aliphatic rings. The van der Waals surface area contributed by atoms with E-state index in [-0.39, 0.29) is 11.4 Å². The van der Waals surface area contributed by atoms with Gasteiger partial charge in [-0.05, 0) is 80.7 Å². The number of halogens is 1. The normalized spacial score (nSPS) is 14.1.